The van der Waals surface area contributed by atoms with E-state index < -0.39 is 6.03 Å². The molecule has 5 nitrogen and oxygen atoms in total. The average molecular weight is 331 g/mol. The van der Waals surface area contributed by atoms with Crippen molar-refractivity contribution < 1.29 is 4.79 Å². The Bertz CT molecular complexity index is 579. The summed E-state index contributed by atoms with van der Waals surface area (Å²) in [6.07, 6.45) is 0. The van der Waals surface area contributed by atoms with Crippen LogP contribution in [-0.4, -0.2) is 17.5 Å². The smallest absolute Gasteiger partial charge is 0.321 e. The summed E-state index contributed by atoms with van der Waals surface area (Å²) in [5.74, 6) is -0.138. The Balaban J connectivity index is 2.81. The first-order valence-corrected chi connectivity index (χ1v) is 7.17. The van der Waals surface area contributed by atoms with E-state index in [2.05, 4.69) is 16.0 Å². The number of hydrogen-bond acceptors (Lipinski definition) is 2. The maximum Gasteiger partial charge on any atom is 0.321 e. The van der Waals surface area contributed by atoms with Gasteiger partial charge in [-0.15, -0.1) is 0 Å². The molecule has 0 fully saturated rings. The summed E-state index contributed by atoms with van der Waals surface area (Å²) in [6, 6.07) is 1.26. The highest BCUT2D eigenvalue weighted by atomic mass is 35.5. The molecule has 1 aromatic carbocycles. The SMILES string of the molecule is Cc1cc(Cl)c(Cl)c(C)c1NC(=N)NC(=O)NC(C)(C)C. The molecule has 0 bridgehead atoms. The number of anilines is 1. The summed E-state index contributed by atoms with van der Waals surface area (Å²) >= 11 is 12.1. The second-order valence-electron chi connectivity index (χ2n) is 5.82. The Labute approximate surface area is 134 Å². The van der Waals surface area contributed by atoms with Gasteiger partial charge in [0.25, 0.3) is 0 Å². The molecule has 116 valence electrons. The largest absolute Gasteiger partial charge is 0.333 e. The Hall–Kier alpha value is -1.46. The third kappa shape index (κ3) is 5.10. The number of amides is 2. The van der Waals surface area contributed by atoms with Crippen LogP contribution in [-0.2, 0) is 0 Å². The van der Waals surface area contributed by atoms with E-state index in [1.54, 1.807) is 13.0 Å². The Morgan fingerprint density at radius 1 is 1.24 bits per heavy atom. The van der Waals surface area contributed by atoms with Gasteiger partial charge in [0.1, 0.15) is 0 Å². The van der Waals surface area contributed by atoms with Gasteiger partial charge in [0.15, 0.2) is 0 Å². The monoisotopic (exact) mass is 330 g/mol. The minimum Gasteiger partial charge on any atom is -0.333 e. The lowest BCUT2D eigenvalue weighted by Crippen LogP contribution is -2.49. The predicted molar refractivity (Wildman–Crippen MR) is 88.7 cm³/mol. The van der Waals surface area contributed by atoms with Crippen LogP contribution in [0.15, 0.2) is 6.07 Å². The number of benzene rings is 1. The zero-order valence-electron chi connectivity index (χ0n) is 12.7. The van der Waals surface area contributed by atoms with Crippen molar-refractivity contribution in [1.29, 1.82) is 5.41 Å². The first-order valence-electron chi connectivity index (χ1n) is 6.41. The van der Waals surface area contributed by atoms with Crippen LogP contribution in [0.2, 0.25) is 10.0 Å². The molecule has 21 heavy (non-hydrogen) atoms. The minimum atomic E-state index is -0.449. The van der Waals surface area contributed by atoms with Gasteiger partial charge >= 0.3 is 6.03 Å². The van der Waals surface area contributed by atoms with Gasteiger partial charge in [0.05, 0.1) is 10.0 Å². The van der Waals surface area contributed by atoms with E-state index >= 15 is 0 Å². The fraction of sp³-hybridized carbons (Fsp3) is 0.429. The molecule has 0 saturated carbocycles. The topological polar surface area (TPSA) is 77.0 Å². The summed E-state index contributed by atoms with van der Waals surface area (Å²) in [7, 11) is 0. The lowest BCUT2D eigenvalue weighted by atomic mass is 10.1. The molecule has 0 aromatic heterocycles. The van der Waals surface area contributed by atoms with Crippen LogP contribution in [0.25, 0.3) is 0 Å². The predicted octanol–water partition coefficient (Wildman–Crippen LogP) is 4.05. The lowest BCUT2D eigenvalue weighted by Gasteiger charge is -2.21. The third-order valence-corrected chi connectivity index (χ3v) is 3.51. The molecule has 0 aliphatic heterocycles. The zero-order valence-corrected chi connectivity index (χ0v) is 14.3. The van der Waals surface area contributed by atoms with Crippen molar-refractivity contribution in [2.24, 2.45) is 0 Å². The van der Waals surface area contributed by atoms with Gasteiger partial charge in [-0.25, -0.2) is 4.79 Å². The second-order valence-corrected chi connectivity index (χ2v) is 6.60. The number of carbonyl (C=O) groups is 1. The molecule has 0 aliphatic carbocycles. The molecule has 0 radical (unpaired) electrons. The highest BCUT2D eigenvalue weighted by Crippen LogP contribution is 2.33. The van der Waals surface area contributed by atoms with Gasteiger partial charge in [0.2, 0.25) is 5.96 Å². The van der Waals surface area contributed by atoms with Crippen molar-refractivity contribution in [2.75, 3.05) is 5.32 Å². The Kier molecular flexibility index (Phi) is 5.48. The standard InChI is InChI=1S/C14H20Cl2N4O/c1-7-6-9(15)10(16)8(2)11(7)18-12(17)19-13(21)20-14(3,4)5/h6H,1-5H3,(H4,17,18,19,20,21). The average Bonchev–Trinajstić information content (AvgIpc) is 2.29. The fourth-order valence-corrected chi connectivity index (χ4v) is 2.20. The molecule has 7 heteroatoms. The summed E-state index contributed by atoms with van der Waals surface area (Å²) in [6.45, 7) is 9.22. The molecule has 0 saturated heterocycles. The number of guanidine groups is 1. The Morgan fingerprint density at radius 3 is 2.33 bits per heavy atom. The van der Waals surface area contributed by atoms with E-state index in [1.165, 1.54) is 0 Å². The van der Waals surface area contributed by atoms with Crippen molar-refractivity contribution in [1.82, 2.24) is 10.6 Å². The Morgan fingerprint density at radius 2 is 1.81 bits per heavy atom. The molecular formula is C14H20Cl2N4O. The zero-order chi connectivity index (χ0) is 16.4. The second kappa shape index (κ2) is 6.54. The molecule has 0 unspecified atom stereocenters. The first kappa shape index (κ1) is 17.6. The van der Waals surface area contributed by atoms with Gasteiger partial charge in [-0.3, -0.25) is 10.7 Å². The maximum absolute atomic E-state index is 11.7. The maximum atomic E-state index is 11.7. The van der Waals surface area contributed by atoms with Crippen LogP contribution < -0.4 is 16.0 Å². The molecule has 1 rings (SSSR count). The van der Waals surface area contributed by atoms with E-state index in [9.17, 15) is 4.79 Å². The number of carbonyl (C=O) groups excluding carboxylic acids is 1. The number of halogens is 2. The van der Waals surface area contributed by atoms with Gasteiger partial charge in [-0.05, 0) is 51.8 Å². The minimum absolute atomic E-state index is 0.138. The molecule has 0 aliphatic rings. The number of nitrogens with one attached hydrogen (secondary N) is 4. The number of urea groups is 1. The highest BCUT2D eigenvalue weighted by Gasteiger charge is 2.16. The van der Waals surface area contributed by atoms with E-state index in [0.717, 1.165) is 11.1 Å². The summed E-state index contributed by atoms with van der Waals surface area (Å²) in [5.41, 5.74) is 1.85. The van der Waals surface area contributed by atoms with Crippen molar-refractivity contribution >= 4 is 40.9 Å². The fourth-order valence-electron chi connectivity index (χ4n) is 1.74. The molecular weight excluding hydrogens is 311 g/mol. The van der Waals surface area contributed by atoms with Crippen LogP contribution in [0.4, 0.5) is 10.5 Å². The van der Waals surface area contributed by atoms with Gasteiger partial charge in [-0.2, -0.15) is 0 Å². The van der Waals surface area contributed by atoms with Crippen molar-refractivity contribution in [3.63, 3.8) is 0 Å². The quantitative estimate of drug-likeness (QED) is 0.463. The normalized spacial score (nSPS) is 11.0. The van der Waals surface area contributed by atoms with Crippen LogP contribution in [0, 0.1) is 19.3 Å². The van der Waals surface area contributed by atoms with Crippen molar-refractivity contribution in [3.8, 4) is 0 Å². The summed E-state index contributed by atoms with van der Waals surface area (Å²) in [5, 5.41) is 16.7. The van der Waals surface area contributed by atoms with Gasteiger partial charge < -0.3 is 10.6 Å². The van der Waals surface area contributed by atoms with Crippen molar-refractivity contribution in [3.05, 3.63) is 27.2 Å². The number of hydrogen-bond donors (Lipinski definition) is 4. The summed E-state index contributed by atoms with van der Waals surface area (Å²) in [4.78, 5) is 11.7. The first-order chi connectivity index (χ1) is 9.51. The van der Waals surface area contributed by atoms with E-state index in [1.807, 2.05) is 27.7 Å². The highest BCUT2D eigenvalue weighted by molar-refractivity contribution is 6.42. The van der Waals surface area contributed by atoms with Crippen LogP contribution >= 0.6 is 23.2 Å². The van der Waals surface area contributed by atoms with E-state index in [4.69, 9.17) is 28.6 Å². The third-order valence-electron chi connectivity index (χ3n) is 2.63. The van der Waals surface area contributed by atoms with Crippen LogP contribution in [0.1, 0.15) is 31.9 Å². The summed E-state index contributed by atoms with van der Waals surface area (Å²) < 4.78 is 0. The molecule has 0 spiro atoms. The number of rotatable bonds is 1. The van der Waals surface area contributed by atoms with E-state index in [-0.39, 0.29) is 11.5 Å². The van der Waals surface area contributed by atoms with Crippen molar-refractivity contribution in [2.45, 2.75) is 40.2 Å². The van der Waals surface area contributed by atoms with E-state index in [0.29, 0.717) is 15.7 Å². The number of aryl methyl sites for hydroxylation is 1. The lowest BCUT2D eigenvalue weighted by molar-refractivity contribution is 0.236. The van der Waals surface area contributed by atoms with Gasteiger partial charge in [-0.1, -0.05) is 23.2 Å². The van der Waals surface area contributed by atoms with Gasteiger partial charge in [0, 0.05) is 11.2 Å². The molecule has 0 heterocycles. The molecule has 1 aromatic rings. The van der Waals surface area contributed by atoms with Crippen LogP contribution in [0.3, 0.4) is 0 Å². The molecule has 0 atom stereocenters. The molecule has 4 N–H and O–H groups in total. The van der Waals surface area contributed by atoms with Crippen LogP contribution in [0.5, 0.6) is 0 Å². The molecule has 2 amide bonds.